The zero-order valence-corrected chi connectivity index (χ0v) is 14.0. The van der Waals surface area contributed by atoms with E-state index in [1.54, 1.807) is 18.2 Å². The third kappa shape index (κ3) is 3.71. The standard InChI is InChI=1S/C16H16N4O4S/c17-10-12-2-1-3-13(8-12)19-16(21)15-9-14(11-18-15)25(22,23)20-4-6-24-7-5-20/h1-3,8-9,11,18H,4-7H2,(H,19,21). The quantitative estimate of drug-likeness (QED) is 0.849. The summed E-state index contributed by atoms with van der Waals surface area (Å²) in [6.45, 7) is 1.28. The maximum atomic E-state index is 12.5. The van der Waals surface area contributed by atoms with Crippen LogP contribution in [0.15, 0.2) is 41.4 Å². The minimum atomic E-state index is -3.66. The van der Waals surface area contributed by atoms with Crippen molar-refractivity contribution in [1.82, 2.24) is 9.29 Å². The molecule has 9 heteroatoms. The fraction of sp³-hybridized carbons (Fsp3) is 0.250. The highest BCUT2D eigenvalue weighted by Crippen LogP contribution is 2.19. The van der Waals surface area contributed by atoms with E-state index in [4.69, 9.17) is 10.00 Å². The number of hydrogen-bond acceptors (Lipinski definition) is 5. The number of rotatable bonds is 4. The molecule has 1 aliphatic rings. The molecule has 130 valence electrons. The predicted octanol–water partition coefficient (Wildman–Crippen LogP) is 1.16. The molecule has 1 fully saturated rings. The highest BCUT2D eigenvalue weighted by molar-refractivity contribution is 7.89. The number of hydrogen-bond donors (Lipinski definition) is 2. The first kappa shape index (κ1) is 17.2. The van der Waals surface area contributed by atoms with Crippen LogP contribution in [0.25, 0.3) is 0 Å². The molecule has 2 heterocycles. The summed E-state index contributed by atoms with van der Waals surface area (Å²) in [5, 5.41) is 11.5. The number of nitrogens with zero attached hydrogens (tertiary/aromatic N) is 2. The molecule has 0 atom stereocenters. The summed E-state index contributed by atoms with van der Waals surface area (Å²) in [5.41, 5.74) is 0.991. The zero-order chi connectivity index (χ0) is 17.9. The highest BCUT2D eigenvalue weighted by atomic mass is 32.2. The normalized spacial score (nSPS) is 15.5. The third-order valence-electron chi connectivity index (χ3n) is 3.76. The summed E-state index contributed by atoms with van der Waals surface area (Å²) < 4.78 is 31.6. The van der Waals surface area contributed by atoms with Gasteiger partial charge < -0.3 is 15.0 Å². The van der Waals surface area contributed by atoms with Crippen molar-refractivity contribution in [3.8, 4) is 6.07 Å². The minimum Gasteiger partial charge on any atom is -0.379 e. The van der Waals surface area contributed by atoms with E-state index in [2.05, 4.69) is 10.3 Å². The van der Waals surface area contributed by atoms with Crippen LogP contribution in [0.3, 0.4) is 0 Å². The van der Waals surface area contributed by atoms with Crippen molar-refractivity contribution in [2.45, 2.75) is 4.90 Å². The number of benzene rings is 1. The first-order valence-electron chi connectivity index (χ1n) is 7.58. The molecule has 1 aromatic heterocycles. The fourth-order valence-electron chi connectivity index (χ4n) is 2.46. The van der Waals surface area contributed by atoms with E-state index in [0.29, 0.717) is 24.5 Å². The molecule has 0 aliphatic carbocycles. The summed E-state index contributed by atoms with van der Waals surface area (Å²) in [4.78, 5) is 15.0. The van der Waals surface area contributed by atoms with Gasteiger partial charge in [-0.2, -0.15) is 9.57 Å². The van der Waals surface area contributed by atoms with Gasteiger partial charge in [-0.25, -0.2) is 8.42 Å². The van der Waals surface area contributed by atoms with Crippen molar-refractivity contribution in [3.05, 3.63) is 47.8 Å². The molecule has 0 unspecified atom stereocenters. The molecule has 0 radical (unpaired) electrons. The van der Waals surface area contributed by atoms with Gasteiger partial charge in [-0.3, -0.25) is 4.79 Å². The molecule has 3 rings (SSSR count). The van der Waals surface area contributed by atoms with E-state index in [1.807, 2.05) is 6.07 Å². The van der Waals surface area contributed by atoms with Gasteiger partial charge in [-0.15, -0.1) is 0 Å². The lowest BCUT2D eigenvalue weighted by molar-refractivity contribution is 0.0730. The Hall–Kier alpha value is -2.67. The second-order valence-corrected chi connectivity index (χ2v) is 7.35. The molecule has 25 heavy (non-hydrogen) atoms. The summed E-state index contributed by atoms with van der Waals surface area (Å²) in [6.07, 6.45) is 1.30. The molecule has 2 N–H and O–H groups in total. The Morgan fingerprint density at radius 2 is 2.04 bits per heavy atom. The minimum absolute atomic E-state index is 0.0327. The number of carbonyl (C=O) groups excluding carboxylic acids is 1. The van der Waals surface area contributed by atoms with Crippen LogP contribution in [0, 0.1) is 11.3 Å². The number of nitriles is 1. The molecular formula is C16H16N4O4S. The van der Waals surface area contributed by atoms with Crippen LogP contribution >= 0.6 is 0 Å². The Kier molecular flexibility index (Phi) is 4.85. The molecule has 2 aromatic rings. The lowest BCUT2D eigenvalue weighted by Crippen LogP contribution is -2.40. The molecule has 0 saturated carbocycles. The Labute approximate surface area is 145 Å². The molecule has 1 aromatic carbocycles. The second-order valence-electron chi connectivity index (χ2n) is 5.41. The van der Waals surface area contributed by atoms with Crippen LogP contribution in [0.2, 0.25) is 0 Å². The first-order chi connectivity index (χ1) is 12.0. The van der Waals surface area contributed by atoms with Gasteiger partial charge in [0.25, 0.3) is 5.91 Å². The summed E-state index contributed by atoms with van der Waals surface area (Å²) in [5.74, 6) is -0.487. The first-order valence-corrected chi connectivity index (χ1v) is 9.02. The van der Waals surface area contributed by atoms with Crippen molar-refractivity contribution in [3.63, 3.8) is 0 Å². The van der Waals surface area contributed by atoms with E-state index in [-0.39, 0.29) is 23.7 Å². The predicted molar refractivity (Wildman–Crippen MR) is 89.5 cm³/mol. The number of amides is 1. The fourth-order valence-corrected chi connectivity index (χ4v) is 3.86. The maximum absolute atomic E-state index is 12.5. The number of ether oxygens (including phenoxy) is 1. The number of H-pyrrole nitrogens is 1. The Morgan fingerprint density at radius 1 is 1.28 bits per heavy atom. The number of carbonyl (C=O) groups is 1. The summed E-state index contributed by atoms with van der Waals surface area (Å²) in [7, 11) is -3.66. The number of morpholine rings is 1. The molecule has 1 saturated heterocycles. The second kappa shape index (κ2) is 7.06. The Bertz CT molecular complexity index is 924. The van der Waals surface area contributed by atoms with Crippen LogP contribution in [-0.4, -0.2) is 49.9 Å². The lowest BCUT2D eigenvalue weighted by Gasteiger charge is -2.25. The van der Waals surface area contributed by atoms with Crippen molar-refractivity contribution >= 4 is 21.6 Å². The Balaban J connectivity index is 1.76. The highest BCUT2D eigenvalue weighted by Gasteiger charge is 2.27. The number of aromatic amines is 1. The van der Waals surface area contributed by atoms with Crippen molar-refractivity contribution in [1.29, 1.82) is 5.26 Å². The van der Waals surface area contributed by atoms with Crippen molar-refractivity contribution < 1.29 is 17.9 Å². The van der Waals surface area contributed by atoms with Crippen LogP contribution in [-0.2, 0) is 14.8 Å². The lowest BCUT2D eigenvalue weighted by atomic mass is 10.2. The molecular weight excluding hydrogens is 344 g/mol. The van der Waals surface area contributed by atoms with Gasteiger partial charge >= 0.3 is 0 Å². The van der Waals surface area contributed by atoms with Gasteiger partial charge in [0.15, 0.2) is 0 Å². The van der Waals surface area contributed by atoms with Gasteiger partial charge in [-0.1, -0.05) is 6.07 Å². The Morgan fingerprint density at radius 3 is 2.76 bits per heavy atom. The monoisotopic (exact) mass is 360 g/mol. The van der Waals surface area contributed by atoms with E-state index in [1.165, 1.54) is 22.6 Å². The van der Waals surface area contributed by atoms with E-state index >= 15 is 0 Å². The largest absolute Gasteiger partial charge is 0.379 e. The number of aromatic nitrogens is 1. The van der Waals surface area contributed by atoms with Crippen LogP contribution < -0.4 is 5.32 Å². The molecule has 0 spiro atoms. The molecule has 1 aliphatic heterocycles. The van der Waals surface area contributed by atoms with E-state index < -0.39 is 15.9 Å². The third-order valence-corrected chi connectivity index (χ3v) is 5.63. The van der Waals surface area contributed by atoms with E-state index in [0.717, 1.165) is 0 Å². The molecule has 1 amide bonds. The van der Waals surface area contributed by atoms with Crippen molar-refractivity contribution in [2.75, 3.05) is 31.6 Å². The van der Waals surface area contributed by atoms with Gasteiger partial charge in [0, 0.05) is 25.0 Å². The SMILES string of the molecule is N#Cc1cccc(NC(=O)c2cc(S(=O)(=O)N3CCOCC3)c[nH]2)c1. The zero-order valence-electron chi connectivity index (χ0n) is 13.2. The summed E-state index contributed by atoms with van der Waals surface area (Å²) >= 11 is 0. The number of nitrogens with one attached hydrogen (secondary N) is 2. The van der Waals surface area contributed by atoms with Crippen LogP contribution in [0.4, 0.5) is 5.69 Å². The smallest absolute Gasteiger partial charge is 0.272 e. The number of sulfonamides is 1. The maximum Gasteiger partial charge on any atom is 0.272 e. The average Bonchev–Trinajstić information content (AvgIpc) is 3.14. The summed E-state index contributed by atoms with van der Waals surface area (Å²) in [6, 6.07) is 9.74. The van der Waals surface area contributed by atoms with Gasteiger partial charge in [0.2, 0.25) is 10.0 Å². The molecule has 0 bridgehead atoms. The van der Waals surface area contributed by atoms with Crippen LogP contribution in [0.5, 0.6) is 0 Å². The average molecular weight is 360 g/mol. The number of anilines is 1. The molecule has 8 nitrogen and oxygen atoms in total. The van der Waals surface area contributed by atoms with E-state index in [9.17, 15) is 13.2 Å². The van der Waals surface area contributed by atoms with Gasteiger partial charge in [-0.05, 0) is 24.3 Å². The topological polar surface area (TPSA) is 115 Å². The van der Waals surface area contributed by atoms with Gasteiger partial charge in [0.05, 0.1) is 24.8 Å². The van der Waals surface area contributed by atoms with Crippen molar-refractivity contribution in [2.24, 2.45) is 0 Å². The van der Waals surface area contributed by atoms with Gasteiger partial charge in [0.1, 0.15) is 10.6 Å². The van der Waals surface area contributed by atoms with Crippen LogP contribution in [0.1, 0.15) is 16.1 Å².